The molecule has 1 aromatic carbocycles. The van der Waals surface area contributed by atoms with E-state index in [-0.39, 0.29) is 11.9 Å². The van der Waals surface area contributed by atoms with E-state index in [1.807, 2.05) is 39.0 Å². The Kier molecular flexibility index (Phi) is 5.83. The lowest BCUT2D eigenvalue weighted by Crippen LogP contribution is -2.43. The molecule has 1 rings (SSSR count). The van der Waals surface area contributed by atoms with Gasteiger partial charge in [0.15, 0.2) is 6.10 Å². The molecule has 0 fully saturated rings. The zero-order valence-electron chi connectivity index (χ0n) is 12.3. The van der Waals surface area contributed by atoms with E-state index >= 15 is 0 Å². The SMILES string of the molecule is COC[C@@H](C)NC(=O)[C@@H](C)Oc1ccc(C)c(C)c1. The number of ether oxygens (including phenoxy) is 2. The monoisotopic (exact) mass is 265 g/mol. The third-order valence-electron chi connectivity index (χ3n) is 2.97. The van der Waals surface area contributed by atoms with E-state index in [4.69, 9.17) is 9.47 Å². The highest BCUT2D eigenvalue weighted by Gasteiger charge is 2.16. The Bertz CT molecular complexity index is 431. The van der Waals surface area contributed by atoms with E-state index < -0.39 is 6.10 Å². The van der Waals surface area contributed by atoms with E-state index in [0.717, 1.165) is 5.56 Å². The summed E-state index contributed by atoms with van der Waals surface area (Å²) in [6.07, 6.45) is -0.526. The number of methoxy groups -OCH3 is 1. The Morgan fingerprint density at radius 2 is 1.95 bits per heavy atom. The largest absolute Gasteiger partial charge is 0.481 e. The molecule has 106 valence electrons. The van der Waals surface area contributed by atoms with Gasteiger partial charge in [-0.15, -0.1) is 0 Å². The summed E-state index contributed by atoms with van der Waals surface area (Å²) >= 11 is 0. The summed E-state index contributed by atoms with van der Waals surface area (Å²) in [4.78, 5) is 11.9. The fraction of sp³-hybridized carbons (Fsp3) is 0.533. The lowest BCUT2D eigenvalue weighted by atomic mass is 10.1. The van der Waals surface area contributed by atoms with Gasteiger partial charge in [-0.05, 0) is 51.0 Å². The predicted octanol–water partition coefficient (Wildman–Crippen LogP) is 2.22. The number of hydrogen-bond donors (Lipinski definition) is 1. The maximum Gasteiger partial charge on any atom is 0.261 e. The van der Waals surface area contributed by atoms with Crippen molar-refractivity contribution >= 4 is 5.91 Å². The molecule has 0 aliphatic carbocycles. The first kappa shape index (κ1) is 15.5. The van der Waals surface area contributed by atoms with Crippen LogP contribution in [-0.2, 0) is 9.53 Å². The first-order valence-corrected chi connectivity index (χ1v) is 6.47. The van der Waals surface area contributed by atoms with Crippen molar-refractivity contribution in [1.29, 1.82) is 0 Å². The Morgan fingerprint density at radius 3 is 2.53 bits per heavy atom. The van der Waals surface area contributed by atoms with E-state index in [9.17, 15) is 4.79 Å². The van der Waals surface area contributed by atoms with Gasteiger partial charge in [-0.1, -0.05) is 6.07 Å². The predicted molar refractivity (Wildman–Crippen MR) is 75.5 cm³/mol. The van der Waals surface area contributed by atoms with Crippen molar-refractivity contribution in [2.75, 3.05) is 13.7 Å². The summed E-state index contributed by atoms with van der Waals surface area (Å²) in [6.45, 7) is 8.19. The molecule has 1 aromatic rings. The average molecular weight is 265 g/mol. The second kappa shape index (κ2) is 7.14. The fourth-order valence-electron chi connectivity index (χ4n) is 1.70. The molecule has 0 bridgehead atoms. The molecule has 0 unspecified atom stereocenters. The van der Waals surface area contributed by atoms with Gasteiger partial charge in [0.05, 0.1) is 6.61 Å². The van der Waals surface area contributed by atoms with Crippen molar-refractivity contribution in [3.63, 3.8) is 0 Å². The lowest BCUT2D eigenvalue weighted by molar-refractivity contribution is -0.128. The summed E-state index contributed by atoms with van der Waals surface area (Å²) in [5, 5.41) is 2.84. The Morgan fingerprint density at radius 1 is 1.26 bits per heavy atom. The summed E-state index contributed by atoms with van der Waals surface area (Å²) < 4.78 is 10.6. The van der Waals surface area contributed by atoms with Crippen LogP contribution >= 0.6 is 0 Å². The van der Waals surface area contributed by atoms with Crippen LogP contribution in [0.3, 0.4) is 0 Å². The first-order valence-electron chi connectivity index (χ1n) is 6.47. The molecule has 19 heavy (non-hydrogen) atoms. The molecule has 0 aliphatic heterocycles. The summed E-state index contributed by atoms with van der Waals surface area (Å²) in [6, 6.07) is 5.79. The molecule has 1 amide bonds. The van der Waals surface area contributed by atoms with Crippen LogP contribution in [0.2, 0.25) is 0 Å². The molecule has 0 aromatic heterocycles. The van der Waals surface area contributed by atoms with Gasteiger partial charge < -0.3 is 14.8 Å². The molecular weight excluding hydrogens is 242 g/mol. The second-order valence-corrected chi connectivity index (χ2v) is 4.87. The van der Waals surface area contributed by atoms with Gasteiger partial charge in [-0.25, -0.2) is 0 Å². The molecule has 0 saturated heterocycles. The minimum Gasteiger partial charge on any atom is -0.481 e. The Labute approximate surface area is 115 Å². The van der Waals surface area contributed by atoms with Crippen molar-refractivity contribution in [2.45, 2.75) is 39.8 Å². The number of aryl methyl sites for hydroxylation is 2. The van der Waals surface area contributed by atoms with Gasteiger partial charge in [0.2, 0.25) is 0 Å². The zero-order chi connectivity index (χ0) is 14.4. The Balaban J connectivity index is 2.56. The van der Waals surface area contributed by atoms with E-state index in [2.05, 4.69) is 5.32 Å². The van der Waals surface area contributed by atoms with Crippen molar-refractivity contribution in [2.24, 2.45) is 0 Å². The van der Waals surface area contributed by atoms with E-state index in [1.165, 1.54) is 5.56 Å². The fourth-order valence-corrected chi connectivity index (χ4v) is 1.70. The number of rotatable bonds is 6. The molecule has 4 heteroatoms. The molecule has 0 aliphatic rings. The number of carbonyl (C=O) groups is 1. The summed E-state index contributed by atoms with van der Waals surface area (Å²) in [7, 11) is 1.61. The van der Waals surface area contributed by atoms with Crippen LogP contribution in [0.5, 0.6) is 5.75 Å². The first-order chi connectivity index (χ1) is 8.93. The van der Waals surface area contributed by atoms with Crippen LogP contribution in [0, 0.1) is 13.8 Å². The minimum atomic E-state index is -0.526. The maximum atomic E-state index is 11.9. The van der Waals surface area contributed by atoms with Crippen molar-refractivity contribution in [3.8, 4) is 5.75 Å². The van der Waals surface area contributed by atoms with Gasteiger partial charge in [0.1, 0.15) is 5.75 Å². The summed E-state index contributed by atoms with van der Waals surface area (Å²) in [5.41, 5.74) is 2.36. The number of nitrogens with one attached hydrogen (secondary N) is 1. The van der Waals surface area contributed by atoms with Crippen LogP contribution < -0.4 is 10.1 Å². The number of benzene rings is 1. The molecule has 1 N–H and O–H groups in total. The topological polar surface area (TPSA) is 47.6 Å². The highest BCUT2D eigenvalue weighted by molar-refractivity contribution is 5.81. The Hall–Kier alpha value is -1.55. The molecule has 2 atom stereocenters. The lowest BCUT2D eigenvalue weighted by Gasteiger charge is -2.18. The average Bonchev–Trinajstić information content (AvgIpc) is 2.34. The molecule has 0 spiro atoms. The van der Waals surface area contributed by atoms with Crippen molar-refractivity contribution < 1.29 is 14.3 Å². The normalized spacial score (nSPS) is 13.7. The van der Waals surface area contributed by atoms with Gasteiger partial charge >= 0.3 is 0 Å². The van der Waals surface area contributed by atoms with Crippen LogP contribution in [0.15, 0.2) is 18.2 Å². The van der Waals surface area contributed by atoms with Crippen molar-refractivity contribution in [1.82, 2.24) is 5.32 Å². The molecule has 0 heterocycles. The third-order valence-corrected chi connectivity index (χ3v) is 2.97. The molecule has 0 saturated carbocycles. The minimum absolute atomic E-state index is 0.0247. The summed E-state index contributed by atoms with van der Waals surface area (Å²) in [5.74, 6) is 0.577. The number of carbonyl (C=O) groups excluding carboxylic acids is 1. The quantitative estimate of drug-likeness (QED) is 0.858. The standard InChI is InChI=1S/C15H23NO3/c1-10-6-7-14(8-11(10)2)19-13(4)15(17)16-12(3)9-18-5/h6-8,12-13H,9H2,1-5H3,(H,16,17)/t12-,13-/m1/s1. The zero-order valence-corrected chi connectivity index (χ0v) is 12.3. The second-order valence-electron chi connectivity index (χ2n) is 4.87. The van der Waals surface area contributed by atoms with Gasteiger partial charge in [0.25, 0.3) is 5.91 Å². The smallest absolute Gasteiger partial charge is 0.261 e. The van der Waals surface area contributed by atoms with Crippen molar-refractivity contribution in [3.05, 3.63) is 29.3 Å². The third kappa shape index (κ3) is 4.91. The number of hydrogen-bond acceptors (Lipinski definition) is 3. The van der Waals surface area contributed by atoms with Gasteiger partial charge in [0, 0.05) is 13.2 Å². The number of amides is 1. The highest BCUT2D eigenvalue weighted by atomic mass is 16.5. The van der Waals surface area contributed by atoms with Crippen LogP contribution in [-0.4, -0.2) is 31.8 Å². The molecule has 4 nitrogen and oxygen atoms in total. The van der Waals surface area contributed by atoms with E-state index in [0.29, 0.717) is 12.4 Å². The highest BCUT2D eigenvalue weighted by Crippen LogP contribution is 2.17. The van der Waals surface area contributed by atoms with Gasteiger partial charge in [-0.2, -0.15) is 0 Å². The maximum absolute atomic E-state index is 11.9. The van der Waals surface area contributed by atoms with Crippen LogP contribution in [0.1, 0.15) is 25.0 Å². The molecule has 0 radical (unpaired) electrons. The van der Waals surface area contributed by atoms with Crippen LogP contribution in [0.25, 0.3) is 0 Å². The van der Waals surface area contributed by atoms with Crippen LogP contribution in [0.4, 0.5) is 0 Å². The van der Waals surface area contributed by atoms with E-state index in [1.54, 1.807) is 14.0 Å². The molecular formula is C15H23NO3. The van der Waals surface area contributed by atoms with Gasteiger partial charge in [-0.3, -0.25) is 4.79 Å².